The van der Waals surface area contributed by atoms with Crippen molar-refractivity contribution in [2.24, 2.45) is 0 Å². The van der Waals surface area contributed by atoms with Gasteiger partial charge in [-0.15, -0.1) is 0 Å². The monoisotopic (exact) mass is 302 g/mol. The van der Waals surface area contributed by atoms with Gasteiger partial charge in [-0.3, -0.25) is 4.79 Å². The Kier molecular flexibility index (Phi) is 4.69. The topological polar surface area (TPSA) is 26.3 Å². The molecule has 0 aliphatic carbocycles. The smallest absolute Gasteiger partial charge is 0.200 e. The molecule has 2 nitrogen and oxygen atoms in total. The summed E-state index contributed by atoms with van der Waals surface area (Å²) in [5.74, 6) is 0.607. The zero-order chi connectivity index (χ0) is 15.5. The first kappa shape index (κ1) is 15.6. The number of hydrogen-bond donors (Lipinski definition) is 0. The second kappa shape index (κ2) is 6.31. The molecule has 0 atom stereocenters. The standard InChI is InChI=1S/C18H19ClO2/c1-18(2,3)14-7-9-16(10-8-14)21-12-17(20)13-5-4-6-15(19)11-13/h4-11H,12H2,1-3H3. The van der Waals surface area contributed by atoms with Gasteiger partial charge in [-0.1, -0.05) is 56.6 Å². The van der Waals surface area contributed by atoms with Gasteiger partial charge in [0.15, 0.2) is 12.4 Å². The number of carbonyl (C=O) groups excluding carboxylic acids is 1. The van der Waals surface area contributed by atoms with Gasteiger partial charge in [0, 0.05) is 10.6 Å². The fourth-order valence-electron chi connectivity index (χ4n) is 1.95. The number of rotatable bonds is 4. The molecule has 0 spiro atoms. The zero-order valence-corrected chi connectivity index (χ0v) is 13.3. The fourth-order valence-corrected chi connectivity index (χ4v) is 2.14. The highest BCUT2D eigenvalue weighted by molar-refractivity contribution is 6.31. The molecule has 0 saturated carbocycles. The van der Waals surface area contributed by atoms with E-state index in [0.29, 0.717) is 16.3 Å². The van der Waals surface area contributed by atoms with Crippen molar-refractivity contribution in [2.75, 3.05) is 6.61 Å². The Labute approximate surface area is 130 Å². The number of Topliss-reactive ketones (excluding diaryl/α,β-unsaturated/α-hetero) is 1. The average molecular weight is 303 g/mol. The van der Waals surface area contributed by atoms with Crippen molar-refractivity contribution < 1.29 is 9.53 Å². The van der Waals surface area contributed by atoms with Crippen LogP contribution in [0.5, 0.6) is 5.75 Å². The first-order valence-corrected chi connectivity index (χ1v) is 7.26. The van der Waals surface area contributed by atoms with Gasteiger partial charge in [0.2, 0.25) is 0 Å². The van der Waals surface area contributed by atoms with Crippen molar-refractivity contribution in [3.63, 3.8) is 0 Å². The Hall–Kier alpha value is -1.80. The first-order chi connectivity index (χ1) is 9.86. The molecule has 2 aromatic rings. The Morgan fingerprint density at radius 3 is 2.33 bits per heavy atom. The van der Waals surface area contributed by atoms with Crippen LogP contribution in [0.4, 0.5) is 0 Å². The lowest BCUT2D eigenvalue weighted by atomic mass is 9.87. The number of benzene rings is 2. The van der Waals surface area contributed by atoms with Gasteiger partial charge in [-0.2, -0.15) is 0 Å². The summed E-state index contributed by atoms with van der Waals surface area (Å²) in [6, 6.07) is 14.7. The molecule has 0 aromatic heterocycles. The normalized spacial score (nSPS) is 11.2. The molecule has 0 unspecified atom stereocenters. The van der Waals surface area contributed by atoms with Gasteiger partial charge < -0.3 is 4.74 Å². The van der Waals surface area contributed by atoms with Gasteiger partial charge in [0.05, 0.1) is 0 Å². The maximum Gasteiger partial charge on any atom is 0.200 e. The van der Waals surface area contributed by atoms with E-state index in [1.54, 1.807) is 24.3 Å². The van der Waals surface area contributed by atoms with Crippen molar-refractivity contribution in [2.45, 2.75) is 26.2 Å². The highest BCUT2D eigenvalue weighted by Gasteiger charge is 2.13. The van der Waals surface area contributed by atoms with E-state index in [2.05, 4.69) is 20.8 Å². The molecule has 2 rings (SSSR count). The van der Waals surface area contributed by atoms with E-state index in [9.17, 15) is 4.79 Å². The lowest BCUT2D eigenvalue weighted by Gasteiger charge is -2.19. The Bertz CT molecular complexity index is 624. The third kappa shape index (κ3) is 4.33. The largest absolute Gasteiger partial charge is 0.485 e. The second-order valence-electron chi connectivity index (χ2n) is 6.00. The molecule has 0 amide bonds. The van der Waals surface area contributed by atoms with Gasteiger partial charge in [0.25, 0.3) is 0 Å². The third-order valence-corrected chi connectivity index (χ3v) is 3.47. The number of ketones is 1. The molecule has 0 fully saturated rings. The van der Waals surface area contributed by atoms with E-state index in [1.807, 2.05) is 24.3 Å². The maximum atomic E-state index is 12.0. The van der Waals surface area contributed by atoms with Crippen molar-refractivity contribution >= 4 is 17.4 Å². The summed E-state index contributed by atoms with van der Waals surface area (Å²) >= 11 is 5.87. The van der Waals surface area contributed by atoms with Gasteiger partial charge >= 0.3 is 0 Å². The van der Waals surface area contributed by atoms with Crippen LogP contribution >= 0.6 is 11.6 Å². The zero-order valence-electron chi connectivity index (χ0n) is 12.5. The molecule has 3 heteroatoms. The lowest BCUT2D eigenvalue weighted by Crippen LogP contribution is -2.12. The van der Waals surface area contributed by atoms with Crippen LogP contribution in [0.15, 0.2) is 48.5 Å². The van der Waals surface area contributed by atoms with Crippen LogP contribution in [0.3, 0.4) is 0 Å². The molecular formula is C18H19ClO2. The molecule has 0 radical (unpaired) electrons. The summed E-state index contributed by atoms with van der Waals surface area (Å²) in [6.07, 6.45) is 0. The molecule has 21 heavy (non-hydrogen) atoms. The SMILES string of the molecule is CC(C)(C)c1ccc(OCC(=O)c2cccc(Cl)c2)cc1. The van der Waals surface area contributed by atoms with Gasteiger partial charge in [-0.05, 0) is 35.2 Å². The third-order valence-electron chi connectivity index (χ3n) is 3.24. The van der Waals surface area contributed by atoms with Crippen molar-refractivity contribution in [3.05, 3.63) is 64.7 Å². The van der Waals surface area contributed by atoms with E-state index >= 15 is 0 Å². The minimum absolute atomic E-state index is 0.00913. The van der Waals surface area contributed by atoms with E-state index in [-0.39, 0.29) is 17.8 Å². The van der Waals surface area contributed by atoms with Crippen LogP contribution in [0.25, 0.3) is 0 Å². The summed E-state index contributed by atoms with van der Waals surface area (Å²) in [5.41, 5.74) is 1.90. The lowest BCUT2D eigenvalue weighted by molar-refractivity contribution is 0.0921. The quantitative estimate of drug-likeness (QED) is 0.751. The summed E-state index contributed by atoms with van der Waals surface area (Å²) < 4.78 is 5.54. The molecule has 0 bridgehead atoms. The summed E-state index contributed by atoms with van der Waals surface area (Å²) in [5, 5.41) is 0.551. The molecule has 0 aliphatic rings. The minimum atomic E-state index is -0.0857. The Morgan fingerprint density at radius 1 is 1.10 bits per heavy atom. The van der Waals surface area contributed by atoms with Crippen LogP contribution in [-0.2, 0) is 5.41 Å². The molecule has 2 aromatic carbocycles. The van der Waals surface area contributed by atoms with Gasteiger partial charge in [0.1, 0.15) is 5.75 Å². The number of halogens is 1. The number of carbonyl (C=O) groups is 1. The first-order valence-electron chi connectivity index (χ1n) is 6.88. The number of ether oxygens (including phenoxy) is 1. The summed E-state index contributed by atoms with van der Waals surface area (Å²) in [6.45, 7) is 6.48. The van der Waals surface area contributed by atoms with Crippen LogP contribution in [0, 0.1) is 0 Å². The highest BCUT2D eigenvalue weighted by Crippen LogP contribution is 2.24. The fraction of sp³-hybridized carbons (Fsp3) is 0.278. The molecule has 0 saturated heterocycles. The average Bonchev–Trinajstić information content (AvgIpc) is 2.44. The predicted octanol–water partition coefficient (Wildman–Crippen LogP) is 4.90. The van der Waals surface area contributed by atoms with Crippen LogP contribution in [-0.4, -0.2) is 12.4 Å². The Balaban J connectivity index is 1.98. The van der Waals surface area contributed by atoms with E-state index < -0.39 is 0 Å². The van der Waals surface area contributed by atoms with E-state index in [4.69, 9.17) is 16.3 Å². The van der Waals surface area contributed by atoms with Gasteiger partial charge in [-0.25, -0.2) is 0 Å². The molecular weight excluding hydrogens is 284 g/mol. The second-order valence-corrected chi connectivity index (χ2v) is 6.43. The predicted molar refractivity (Wildman–Crippen MR) is 86.4 cm³/mol. The number of hydrogen-bond acceptors (Lipinski definition) is 2. The molecule has 110 valence electrons. The van der Waals surface area contributed by atoms with E-state index in [1.165, 1.54) is 5.56 Å². The summed E-state index contributed by atoms with van der Waals surface area (Å²) in [7, 11) is 0. The molecule has 0 heterocycles. The van der Waals surface area contributed by atoms with Crippen molar-refractivity contribution in [1.82, 2.24) is 0 Å². The highest BCUT2D eigenvalue weighted by atomic mass is 35.5. The van der Waals surface area contributed by atoms with Crippen LogP contribution in [0.2, 0.25) is 5.02 Å². The van der Waals surface area contributed by atoms with Crippen LogP contribution < -0.4 is 4.74 Å². The molecule has 0 N–H and O–H groups in total. The minimum Gasteiger partial charge on any atom is -0.485 e. The van der Waals surface area contributed by atoms with Crippen LogP contribution in [0.1, 0.15) is 36.7 Å². The summed E-state index contributed by atoms with van der Waals surface area (Å²) in [4.78, 5) is 12.0. The van der Waals surface area contributed by atoms with E-state index in [0.717, 1.165) is 0 Å². The Morgan fingerprint density at radius 2 is 1.76 bits per heavy atom. The van der Waals surface area contributed by atoms with Crippen molar-refractivity contribution in [1.29, 1.82) is 0 Å². The van der Waals surface area contributed by atoms with Crippen molar-refractivity contribution in [3.8, 4) is 5.75 Å². The maximum absolute atomic E-state index is 12.0. The molecule has 0 aliphatic heterocycles.